The minimum atomic E-state index is -4.22. The summed E-state index contributed by atoms with van der Waals surface area (Å²) in [7, 11) is -4.22. The van der Waals surface area contributed by atoms with Gasteiger partial charge in [0.1, 0.15) is 13.1 Å². The molecular weight excluding hydrogens is 512 g/mol. The highest BCUT2D eigenvalue weighted by Gasteiger charge is 2.41. The molecule has 190 valence electrons. The molecule has 0 N–H and O–H groups in total. The topological polar surface area (TPSA) is 80.5 Å². The molecule has 0 saturated carbocycles. The van der Waals surface area contributed by atoms with E-state index in [1.165, 1.54) is 24.3 Å². The highest BCUT2D eigenvalue weighted by atomic mass is 32.2. The fraction of sp³-hybridized carbons (Fsp3) is 0.231. The SMILES string of the molecule is O=C([O-])c1c(F)c(F)c(F)c(F)c1C1=C2C=CC(=[N+]3CCC3)C=C2S(=O)(=O)c2cc(N3CCC3)ccc21. The number of fused-ring (bicyclic) bond motifs is 2. The first-order valence-electron chi connectivity index (χ1n) is 11.6. The molecule has 2 fully saturated rings. The number of benzene rings is 2. The molecule has 2 saturated heterocycles. The van der Waals surface area contributed by atoms with Crippen LogP contribution in [0.4, 0.5) is 23.2 Å². The highest BCUT2D eigenvalue weighted by molar-refractivity contribution is 7.95. The molecule has 3 aliphatic heterocycles. The van der Waals surface area contributed by atoms with Gasteiger partial charge in [0, 0.05) is 58.8 Å². The Morgan fingerprint density at radius 2 is 1.65 bits per heavy atom. The van der Waals surface area contributed by atoms with E-state index in [1.54, 1.807) is 12.1 Å². The number of hydrogen-bond acceptors (Lipinski definition) is 5. The summed E-state index contributed by atoms with van der Waals surface area (Å²) in [5, 5.41) is 11.9. The van der Waals surface area contributed by atoms with Crippen LogP contribution in [0.2, 0.25) is 0 Å². The minimum absolute atomic E-state index is 0.153. The lowest BCUT2D eigenvalue weighted by Crippen LogP contribution is -2.37. The Kier molecular flexibility index (Phi) is 5.20. The maximum atomic E-state index is 15.3. The van der Waals surface area contributed by atoms with Crippen LogP contribution in [0.5, 0.6) is 0 Å². The fourth-order valence-electron chi connectivity index (χ4n) is 5.01. The number of carboxylic acid groups (broad SMARTS) is 1. The van der Waals surface area contributed by atoms with Gasteiger partial charge in [0.15, 0.2) is 23.3 Å². The van der Waals surface area contributed by atoms with Gasteiger partial charge in [0.05, 0.1) is 22.2 Å². The van der Waals surface area contributed by atoms with E-state index >= 15 is 4.39 Å². The molecule has 0 spiro atoms. The predicted octanol–water partition coefficient (Wildman–Crippen LogP) is 2.72. The number of carbonyl (C=O) groups is 1. The Hall–Kier alpha value is -3.73. The van der Waals surface area contributed by atoms with Gasteiger partial charge >= 0.3 is 0 Å². The van der Waals surface area contributed by atoms with Crippen LogP contribution >= 0.6 is 0 Å². The molecule has 0 atom stereocenters. The Morgan fingerprint density at radius 3 is 2.24 bits per heavy atom. The van der Waals surface area contributed by atoms with Crippen LogP contribution in [0.1, 0.15) is 34.3 Å². The van der Waals surface area contributed by atoms with Crippen LogP contribution in [0, 0.1) is 23.3 Å². The zero-order chi connectivity index (χ0) is 26.2. The molecule has 0 amide bonds. The lowest BCUT2D eigenvalue weighted by atomic mass is 9.86. The van der Waals surface area contributed by atoms with Crippen molar-refractivity contribution in [3.8, 4) is 0 Å². The Morgan fingerprint density at radius 1 is 0.946 bits per heavy atom. The monoisotopic (exact) mass is 530 g/mol. The lowest BCUT2D eigenvalue weighted by molar-refractivity contribution is -0.582. The zero-order valence-corrected chi connectivity index (χ0v) is 20.0. The number of nitrogens with zero attached hydrogens (tertiary/aromatic N) is 2. The van der Waals surface area contributed by atoms with Gasteiger partial charge in [-0.15, -0.1) is 0 Å². The largest absolute Gasteiger partial charge is 0.545 e. The zero-order valence-electron chi connectivity index (χ0n) is 19.2. The smallest absolute Gasteiger partial charge is 0.208 e. The van der Waals surface area contributed by atoms with Crippen molar-refractivity contribution in [1.82, 2.24) is 0 Å². The normalized spacial score (nSPS) is 19.7. The first-order valence-corrected chi connectivity index (χ1v) is 13.1. The molecule has 11 heteroatoms. The van der Waals surface area contributed by atoms with E-state index in [0.717, 1.165) is 12.8 Å². The number of carboxylic acids is 1. The van der Waals surface area contributed by atoms with Gasteiger partial charge in [0.2, 0.25) is 15.5 Å². The molecule has 4 aliphatic rings. The maximum Gasteiger partial charge on any atom is 0.208 e. The molecular formula is C26H18F4N2O4S. The number of hydrogen-bond donors (Lipinski definition) is 0. The number of aromatic carboxylic acids is 1. The predicted molar refractivity (Wildman–Crippen MR) is 124 cm³/mol. The fourth-order valence-corrected chi connectivity index (χ4v) is 6.72. The number of halogens is 4. The molecule has 6 rings (SSSR count). The van der Waals surface area contributed by atoms with Crippen molar-refractivity contribution >= 4 is 32.8 Å². The van der Waals surface area contributed by atoms with Gasteiger partial charge < -0.3 is 14.8 Å². The Balaban J connectivity index is 1.73. The first kappa shape index (κ1) is 23.7. The van der Waals surface area contributed by atoms with E-state index in [4.69, 9.17) is 0 Å². The summed E-state index contributed by atoms with van der Waals surface area (Å²) in [6.07, 6.45) is 6.13. The Bertz CT molecular complexity index is 1660. The number of rotatable bonds is 3. The molecule has 2 aromatic rings. The van der Waals surface area contributed by atoms with Gasteiger partial charge in [-0.1, -0.05) is 6.07 Å². The van der Waals surface area contributed by atoms with E-state index in [-0.39, 0.29) is 26.5 Å². The van der Waals surface area contributed by atoms with E-state index in [0.29, 0.717) is 37.6 Å². The standard InChI is InChI=1S/C26H18F4N2O4S/c27-22-20(21(26(33)34)23(28)25(30)24(22)29)19-15-5-3-13(31-7-1-8-31)11-17(15)37(35,36)18-12-14(4-6-16(18)19)32-9-2-10-32/h3-6,11-12H,1-2,7-10H2. The van der Waals surface area contributed by atoms with Crippen LogP contribution in [0.3, 0.4) is 0 Å². The quantitative estimate of drug-likeness (QED) is 0.264. The highest BCUT2D eigenvalue weighted by Crippen LogP contribution is 2.48. The number of carbonyl (C=O) groups excluding carboxylic acids is 1. The van der Waals surface area contributed by atoms with E-state index in [9.17, 15) is 31.5 Å². The van der Waals surface area contributed by atoms with Crippen molar-refractivity contribution in [2.75, 3.05) is 31.1 Å². The van der Waals surface area contributed by atoms with Crippen LogP contribution in [0.25, 0.3) is 5.57 Å². The summed E-state index contributed by atoms with van der Waals surface area (Å²) < 4.78 is 88.1. The van der Waals surface area contributed by atoms with Crippen molar-refractivity contribution in [3.05, 3.63) is 86.9 Å². The molecule has 37 heavy (non-hydrogen) atoms. The molecule has 6 nitrogen and oxygen atoms in total. The van der Waals surface area contributed by atoms with Gasteiger partial charge in [-0.2, -0.15) is 0 Å². The molecule has 0 aromatic heterocycles. The summed E-state index contributed by atoms with van der Waals surface area (Å²) in [5.74, 6) is -10.9. The van der Waals surface area contributed by atoms with Crippen LogP contribution in [-0.4, -0.2) is 50.9 Å². The van der Waals surface area contributed by atoms with Crippen LogP contribution < -0.4 is 10.0 Å². The van der Waals surface area contributed by atoms with Crippen molar-refractivity contribution < 1.29 is 40.5 Å². The Labute approximate surface area is 209 Å². The number of anilines is 1. The average Bonchev–Trinajstić information content (AvgIpc) is 2.79. The molecule has 0 unspecified atom stereocenters. The van der Waals surface area contributed by atoms with E-state index < -0.39 is 50.2 Å². The van der Waals surface area contributed by atoms with Gasteiger partial charge in [0.25, 0.3) is 0 Å². The van der Waals surface area contributed by atoms with Crippen LogP contribution in [-0.2, 0) is 9.84 Å². The van der Waals surface area contributed by atoms with Gasteiger partial charge in [-0.05, 0) is 24.6 Å². The second-order valence-corrected chi connectivity index (χ2v) is 11.1. The van der Waals surface area contributed by atoms with Crippen molar-refractivity contribution in [3.63, 3.8) is 0 Å². The van der Waals surface area contributed by atoms with Crippen molar-refractivity contribution in [2.24, 2.45) is 0 Å². The molecule has 1 aliphatic carbocycles. The average molecular weight is 530 g/mol. The minimum Gasteiger partial charge on any atom is -0.545 e. The van der Waals surface area contributed by atoms with E-state index in [2.05, 4.69) is 0 Å². The third-order valence-electron chi connectivity index (χ3n) is 7.21. The van der Waals surface area contributed by atoms with Crippen molar-refractivity contribution in [1.29, 1.82) is 0 Å². The molecule has 0 bridgehead atoms. The summed E-state index contributed by atoms with van der Waals surface area (Å²) in [5.41, 5.74) is -2.16. The third kappa shape index (κ3) is 3.33. The molecule has 3 heterocycles. The summed E-state index contributed by atoms with van der Waals surface area (Å²) in [6, 6.07) is 4.30. The maximum absolute atomic E-state index is 15.3. The second kappa shape index (κ2) is 8.14. The summed E-state index contributed by atoms with van der Waals surface area (Å²) in [6.45, 7) is 2.79. The number of sulfone groups is 1. The summed E-state index contributed by atoms with van der Waals surface area (Å²) >= 11 is 0. The third-order valence-corrected chi connectivity index (χ3v) is 9.05. The van der Waals surface area contributed by atoms with Gasteiger partial charge in [-0.3, -0.25) is 0 Å². The molecule has 0 radical (unpaired) electrons. The van der Waals surface area contributed by atoms with Crippen LogP contribution in [0.15, 0.2) is 51.8 Å². The van der Waals surface area contributed by atoms with Gasteiger partial charge in [-0.25, -0.2) is 30.6 Å². The molecule has 2 aromatic carbocycles. The second-order valence-electron chi connectivity index (χ2n) is 9.21. The number of allylic oxidation sites excluding steroid dienone is 4. The summed E-state index contributed by atoms with van der Waals surface area (Å²) in [4.78, 5) is 13.3. The lowest BCUT2D eigenvalue weighted by Gasteiger charge is -2.35. The first-order chi connectivity index (χ1) is 17.6. The van der Waals surface area contributed by atoms with E-state index in [1.807, 2.05) is 9.48 Å². The van der Waals surface area contributed by atoms with Crippen molar-refractivity contribution in [2.45, 2.75) is 17.7 Å².